The van der Waals surface area contributed by atoms with Crippen molar-refractivity contribution >= 4 is 28.2 Å². The molecule has 1 rings (SSSR count). The lowest BCUT2D eigenvalue weighted by Gasteiger charge is -2.24. The summed E-state index contributed by atoms with van der Waals surface area (Å²) in [4.78, 5) is 36.5. The minimum atomic E-state index is -4.57. The van der Waals surface area contributed by atoms with Crippen LogP contribution in [0.15, 0.2) is 0 Å². The van der Waals surface area contributed by atoms with Gasteiger partial charge in [-0.25, -0.2) is 13.2 Å². The van der Waals surface area contributed by atoms with E-state index in [1.807, 2.05) is 13.8 Å². The van der Waals surface area contributed by atoms with Crippen molar-refractivity contribution in [2.24, 2.45) is 5.92 Å². The molecule has 0 spiro atoms. The van der Waals surface area contributed by atoms with Gasteiger partial charge in [0.05, 0.1) is 0 Å². The molecule has 132 valence electrons. The molecule has 0 radical (unpaired) electrons. The summed E-state index contributed by atoms with van der Waals surface area (Å²) in [6.45, 7) is 3.67. The molecule has 0 aromatic carbocycles. The van der Waals surface area contributed by atoms with Crippen LogP contribution in [0.4, 0.5) is 0 Å². The van der Waals surface area contributed by atoms with Gasteiger partial charge in [-0.1, -0.05) is 13.8 Å². The fraction of sp³-hybridized carbons (Fsp3) is 0.750. The van der Waals surface area contributed by atoms with Crippen molar-refractivity contribution in [3.8, 4) is 0 Å². The Labute approximate surface area is 134 Å². The summed E-state index contributed by atoms with van der Waals surface area (Å²) in [5.74, 6) is -3.05. The third kappa shape index (κ3) is 5.15. The Morgan fingerprint density at radius 1 is 1.17 bits per heavy atom. The average Bonchev–Trinajstić information content (AvgIpc) is 2.72. The van der Waals surface area contributed by atoms with Gasteiger partial charge in [0.2, 0.25) is 12.0 Å². The van der Waals surface area contributed by atoms with Gasteiger partial charge < -0.3 is 15.3 Å². The number of nitrogens with one attached hydrogen (secondary N) is 1. The molecule has 0 bridgehead atoms. The molecular weight excluding hydrogens is 332 g/mol. The van der Waals surface area contributed by atoms with Crippen LogP contribution in [0.5, 0.6) is 0 Å². The number of hydrogen-bond acceptors (Lipinski definition) is 7. The van der Waals surface area contributed by atoms with Gasteiger partial charge in [-0.15, -0.1) is 0 Å². The monoisotopic (exact) mass is 352 g/mol. The fourth-order valence-electron chi connectivity index (χ4n) is 1.99. The van der Waals surface area contributed by atoms with E-state index in [2.05, 4.69) is 13.7 Å². The fourth-order valence-corrected chi connectivity index (χ4v) is 2.91. The summed E-state index contributed by atoms with van der Waals surface area (Å²) < 4.78 is 31.0. The zero-order valence-electron chi connectivity index (χ0n) is 13.2. The molecule has 1 aliphatic heterocycles. The van der Waals surface area contributed by atoms with Gasteiger partial charge in [-0.2, -0.15) is 8.42 Å². The van der Waals surface area contributed by atoms with Gasteiger partial charge in [-0.3, -0.25) is 9.59 Å². The summed E-state index contributed by atoms with van der Waals surface area (Å²) in [5.41, 5.74) is 0. The van der Waals surface area contributed by atoms with E-state index in [0.29, 0.717) is 6.42 Å². The summed E-state index contributed by atoms with van der Waals surface area (Å²) in [7, 11) is -1.56. The van der Waals surface area contributed by atoms with Crippen LogP contribution < -0.4 is 5.32 Å². The number of nitrogens with zero attached hydrogens (tertiary/aromatic N) is 1. The van der Waals surface area contributed by atoms with Crippen LogP contribution in [0.25, 0.3) is 0 Å². The average molecular weight is 352 g/mol. The van der Waals surface area contributed by atoms with Gasteiger partial charge in [0.1, 0.15) is 6.04 Å². The third-order valence-corrected chi connectivity index (χ3v) is 3.87. The van der Waals surface area contributed by atoms with Gasteiger partial charge >= 0.3 is 16.4 Å². The highest BCUT2D eigenvalue weighted by atomic mass is 32.3. The molecular formula is C12H20N2O8S. The van der Waals surface area contributed by atoms with Crippen molar-refractivity contribution in [2.75, 3.05) is 14.1 Å². The number of carbonyl (C=O) groups excluding carboxylic acids is 2. The van der Waals surface area contributed by atoms with Crippen LogP contribution in [0, 0.1) is 5.92 Å². The van der Waals surface area contributed by atoms with E-state index in [1.54, 1.807) is 0 Å². The molecule has 0 saturated carbocycles. The standard InChI is InChI=1S/C12H20N2O8S/c1-6(2)5-7(11(16)14(3)4)13-10(15)8-9(12(17)18)22-23(19,20)21-8/h6-9H,5H2,1-4H3,(H,13,15)(H,17,18)/t7-,8-,9-/m0/s1. The van der Waals surface area contributed by atoms with Gasteiger partial charge in [0, 0.05) is 14.1 Å². The first kappa shape index (κ1) is 19.3. The Kier molecular flexibility index (Phi) is 6.08. The second kappa shape index (κ2) is 7.23. The largest absolute Gasteiger partial charge is 0.479 e. The Balaban J connectivity index is 2.93. The Hall–Kier alpha value is -1.72. The molecule has 2 amide bonds. The highest BCUT2D eigenvalue weighted by Gasteiger charge is 2.49. The van der Waals surface area contributed by atoms with Crippen LogP contribution in [-0.4, -0.2) is 68.6 Å². The van der Waals surface area contributed by atoms with Gasteiger partial charge in [0.15, 0.2) is 6.10 Å². The zero-order valence-corrected chi connectivity index (χ0v) is 14.0. The number of carboxylic acids is 1. The summed E-state index contributed by atoms with van der Waals surface area (Å²) in [6, 6.07) is -0.932. The second-order valence-electron chi connectivity index (χ2n) is 5.70. The molecule has 11 heteroatoms. The molecule has 3 atom stereocenters. The minimum Gasteiger partial charge on any atom is -0.479 e. The van der Waals surface area contributed by atoms with Crippen LogP contribution in [0.3, 0.4) is 0 Å². The Morgan fingerprint density at radius 3 is 2.13 bits per heavy atom. The summed E-state index contributed by atoms with van der Waals surface area (Å²) in [5, 5.41) is 11.2. The number of amides is 2. The molecule has 0 unspecified atom stereocenters. The molecule has 1 aliphatic rings. The topological polar surface area (TPSA) is 139 Å². The smallest absolute Gasteiger partial charge is 0.401 e. The number of carboxylic acid groups (broad SMARTS) is 1. The van der Waals surface area contributed by atoms with Crippen molar-refractivity contribution < 1.29 is 36.3 Å². The lowest BCUT2D eigenvalue weighted by molar-refractivity contribution is -0.150. The predicted octanol–water partition coefficient (Wildman–Crippen LogP) is -1.28. The van der Waals surface area contributed by atoms with Crippen molar-refractivity contribution in [2.45, 2.75) is 38.5 Å². The van der Waals surface area contributed by atoms with Crippen LogP contribution >= 0.6 is 0 Å². The number of aliphatic carboxylic acids is 1. The molecule has 1 heterocycles. The van der Waals surface area contributed by atoms with E-state index in [0.717, 1.165) is 0 Å². The van der Waals surface area contributed by atoms with E-state index < -0.39 is 46.4 Å². The third-order valence-electron chi connectivity index (χ3n) is 2.98. The van der Waals surface area contributed by atoms with E-state index in [4.69, 9.17) is 5.11 Å². The van der Waals surface area contributed by atoms with E-state index in [1.165, 1.54) is 19.0 Å². The highest BCUT2D eigenvalue weighted by Crippen LogP contribution is 2.21. The number of hydrogen-bond donors (Lipinski definition) is 2. The van der Waals surface area contributed by atoms with Crippen LogP contribution in [0.2, 0.25) is 0 Å². The summed E-state index contributed by atoms with van der Waals surface area (Å²) in [6.07, 6.45) is -3.59. The Morgan fingerprint density at radius 2 is 1.70 bits per heavy atom. The lowest BCUT2D eigenvalue weighted by atomic mass is 10.0. The Bertz CT molecular complexity index is 586. The van der Waals surface area contributed by atoms with Crippen molar-refractivity contribution in [3.63, 3.8) is 0 Å². The molecule has 0 aliphatic carbocycles. The number of likely N-dealkylation sites (N-methyl/N-ethyl adjacent to an activating group) is 1. The second-order valence-corrected chi connectivity index (χ2v) is 6.90. The first-order chi connectivity index (χ1) is 10.4. The molecule has 10 nitrogen and oxygen atoms in total. The lowest BCUT2D eigenvalue weighted by Crippen LogP contribution is -2.52. The predicted molar refractivity (Wildman–Crippen MR) is 76.4 cm³/mol. The number of carbonyl (C=O) groups is 3. The molecule has 2 N–H and O–H groups in total. The summed E-state index contributed by atoms with van der Waals surface area (Å²) >= 11 is 0. The molecule has 1 fully saturated rings. The molecule has 0 aromatic heterocycles. The van der Waals surface area contributed by atoms with Crippen molar-refractivity contribution in [1.29, 1.82) is 0 Å². The zero-order chi connectivity index (χ0) is 17.9. The van der Waals surface area contributed by atoms with E-state index in [-0.39, 0.29) is 5.92 Å². The maximum Gasteiger partial charge on any atom is 0.401 e. The minimum absolute atomic E-state index is 0.0592. The highest BCUT2D eigenvalue weighted by molar-refractivity contribution is 7.82. The number of rotatable bonds is 6. The van der Waals surface area contributed by atoms with Crippen molar-refractivity contribution in [3.05, 3.63) is 0 Å². The molecule has 23 heavy (non-hydrogen) atoms. The molecule has 0 aromatic rings. The van der Waals surface area contributed by atoms with E-state index in [9.17, 15) is 22.8 Å². The van der Waals surface area contributed by atoms with Gasteiger partial charge in [0.25, 0.3) is 5.91 Å². The quantitative estimate of drug-likeness (QED) is 0.602. The maximum atomic E-state index is 12.2. The van der Waals surface area contributed by atoms with Crippen LogP contribution in [-0.2, 0) is 33.1 Å². The normalized spacial score (nSPS) is 24.2. The first-order valence-corrected chi connectivity index (χ1v) is 8.13. The maximum absolute atomic E-state index is 12.2. The van der Waals surface area contributed by atoms with Crippen LogP contribution in [0.1, 0.15) is 20.3 Å². The molecule has 1 saturated heterocycles. The van der Waals surface area contributed by atoms with Crippen molar-refractivity contribution in [1.82, 2.24) is 10.2 Å². The van der Waals surface area contributed by atoms with E-state index >= 15 is 0 Å². The SMILES string of the molecule is CC(C)C[C@H](NC(=O)[C@H]1OS(=O)(=O)O[C@@H]1C(=O)O)C(=O)N(C)C. The van der Waals surface area contributed by atoms with Gasteiger partial charge in [-0.05, 0) is 12.3 Å². The first-order valence-electron chi connectivity index (χ1n) is 6.80.